The quantitative estimate of drug-likeness (QED) is 0.887. The summed E-state index contributed by atoms with van der Waals surface area (Å²) in [5, 5.41) is 2.90. The predicted octanol–water partition coefficient (Wildman–Crippen LogP) is 2.77. The van der Waals surface area contributed by atoms with Gasteiger partial charge in [0.2, 0.25) is 0 Å². The van der Waals surface area contributed by atoms with Gasteiger partial charge in [-0.25, -0.2) is 0 Å². The molecule has 0 bridgehead atoms. The molecule has 0 fully saturated rings. The van der Waals surface area contributed by atoms with Crippen molar-refractivity contribution in [2.45, 2.75) is 18.9 Å². The minimum atomic E-state index is -0.373. The molecule has 104 valence electrons. The number of hydrogen-bond donors (Lipinski definition) is 2. The molecule has 1 unspecified atom stereocenters. The van der Waals surface area contributed by atoms with E-state index in [0.717, 1.165) is 36.1 Å². The third kappa shape index (κ3) is 2.51. The summed E-state index contributed by atoms with van der Waals surface area (Å²) in [4.78, 5) is 12.0. The number of furan rings is 1. The maximum atomic E-state index is 12.0. The number of carbonyl (C=O) groups is 1. The number of hydrogen-bond acceptors (Lipinski definition) is 3. The number of halogens is 1. The molecule has 2 heterocycles. The summed E-state index contributed by atoms with van der Waals surface area (Å²) in [6.07, 6.45) is 1.88. The number of aryl methyl sites for hydroxylation is 1. The minimum Gasteiger partial charge on any atom is -0.452 e. The van der Waals surface area contributed by atoms with Crippen LogP contribution < -0.4 is 11.1 Å². The van der Waals surface area contributed by atoms with E-state index in [4.69, 9.17) is 10.2 Å². The van der Waals surface area contributed by atoms with Gasteiger partial charge >= 0.3 is 0 Å². The number of amides is 1. The first-order valence-electron chi connectivity index (χ1n) is 6.57. The smallest absolute Gasteiger partial charge is 0.251 e. The number of carbonyl (C=O) groups excluding carboxylic acids is 1. The van der Waals surface area contributed by atoms with Crippen LogP contribution in [0, 0.1) is 0 Å². The number of fused-ring (bicyclic) bond motifs is 1. The summed E-state index contributed by atoms with van der Waals surface area (Å²) >= 11 is 3.27. The fourth-order valence-electron chi connectivity index (χ4n) is 2.45. The third-order valence-corrected chi connectivity index (χ3v) is 3.97. The van der Waals surface area contributed by atoms with E-state index in [1.807, 2.05) is 30.3 Å². The topological polar surface area (TPSA) is 68.3 Å². The van der Waals surface area contributed by atoms with Gasteiger partial charge in [0.15, 0.2) is 4.67 Å². The fourth-order valence-corrected chi connectivity index (χ4v) is 2.77. The Morgan fingerprint density at radius 1 is 1.30 bits per heavy atom. The van der Waals surface area contributed by atoms with E-state index < -0.39 is 0 Å². The van der Waals surface area contributed by atoms with Crippen LogP contribution in [0.4, 0.5) is 0 Å². The van der Waals surface area contributed by atoms with Crippen LogP contribution in [-0.2, 0) is 6.42 Å². The Labute approximate surface area is 125 Å². The van der Waals surface area contributed by atoms with Crippen molar-refractivity contribution in [1.29, 1.82) is 0 Å². The van der Waals surface area contributed by atoms with Crippen molar-refractivity contribution in [2.24, 2.45) is 5.73 Å². The van der Waals surface area contributed by atoms with Gasteiger partial charge in [0, 0.05) is 12.1 Å². The van der Waals surface area contributed by atoms with Gasteiger partial charge in [0.1, 0.15) is 5.76 Å². The fraction of sp³-hybridized carbons (Fsp3) is 0.267. The van der Waals surface area contributed by atoms with E-state index in [1.165, 1.54) is 0 Å². The van der Waals surface area contributed by atoms with Gasteiger partial charge in [-0.15, -0.1) is 0 Å². The normalized spacial score (nSPS) is 16.2. The minimum absolute atomic E-state index is 0.0211. The standard InChI is InChI=1S/C15H15BrN2O2/c16-13-6-5-12(20-13)14(17)10-4-3-9-2-1-7-18-15(19)11(9)8-10/h3-6,8,14H,1-2,7,17H2,(H,18,19). The van der Waals surface area contributed by atoms with E-state index in [2.05, 4.69) is 21.2 Å². The average Bonchev–Trinajstić information content (AvgIpc) is 2.80. The van der Waals surface area contributed by atoms with Crippen molar-refractivity contribution in [3.05, 3.63) is 57.5 Å². The SMILES string of the molecule is NC(c1ccc2c(c1)C(=O)NCCC2)c1ccc(Br)o1. The van der Waals surface area contributed by atoms with Crippen molar-refractivity contribution >= 4 is 21.8 Å². The zero-order valence-corrected chi connectivity index (χ0v) is 12.4. The summed E-state index contributed by atoms with van der Waals surface area (Å²) < 4.78 is 6.13. The van der Waals surface area contributed by atoms with Crippen LogP contribution in [0.5, 0.6) is 0 Å². The molecule has 0 saturated carbocycles. The van der Waals surface area contributed by atoms with Gasteiger partial charge in [0.25, 0.3) is 5.91 Å². The number of benzene rings is 1. The highest BCUT2D eigenvalue weighted by atomic mass is 79.9. The first kappa shape index (κ1) is 13.4. The van der Waals surface area contributed by atoms with Crippen molar-refractivity contribution in [2.75, 3.05) is 6.54 Å². The summed E-state index contributed by atoms with van der Waals surface area (Å²) in [6.45, 7) is 0.722. The molecule has 20 heavy (non-hydrogen) atoms. The molecule has 1 aliphatic heterocycles. The summed E-state index contributed by atoms with van der Waals surface area (Å²) in [7, 11) is 0. The first-order valence-corrected chi connectivity index (χ1v) is 7.36. The molecule has 1 aliphatic rings. The van der Waals surface area contributed by atoms with Crippen LogP contribution in [0.25, 0.3) is 0 Å². The molecule has 5 heteroatoms. The molecule has 0 radical (unpaired) electrons. The van der Waals surface area contributed by atoms with E-state index in [0.29, 0.717) is 10.4 Å². The molecule has 2 aromatic rings. The van der Waals surface area contributed by atoms with Crippen molar-refractivity contribution in [3.63, 3.8) is 0 Å². The Morgan fingerprint density at radius 3 is 2.90 bits per heavy atom. The summed E-state index contributed by atoms with van der Waals surface area (Å²) in [5.41, 5.74) is 8.88. The van der Waals surface area contributed by atoms with Crippen LogP contribution in [0.15, 0.2) is 39.4 Å². The molecular weight excluding hydrogens is 320 g/mol. The zero-order valence-electron chi connectivity index (χ0n) is 10.9. The van der Waals surface area contributed by atoms with Gasteiger partial charge in [-0.3, -0.25) is 4.79 Å². The highest BCUT2D eigenvalue weighted by Crippen LogP contribution is 2.26. The van der Waals surface area contributed by atoms with E-state index in [9.17, 15) is 4.79 Å². The zero-order chi connectivity index (χ0) is 14.1. The Balaban J connectivity index is 1.97. The second-order valence-electron chi connectivity index (χ2n) is 4.90. The molecule has 4 nitrogen and oxygen atoms in total. The maximum Gasteiger partial charge on any atom is 0.251 e. The lowest BCUT2D eigenvalue weighted by Crippen LogP contribution is -2.23. The van der Waals surface area contributed by atoms with Gasteiger partial charge in [-0.2, -0.15) is 0 Å². The molecule has 3 N–H and O–H groups in total. The molecule has 0 aliphatic carbocycles. The Morgan fingerprint density at radius 2 is 2.15 bits per heavy atom. The number of nitrogens with one attached hydrogen (secondary N) is 1. The predicted molar refractivity (Wildman–Crippen MR) is 79.5 cm³/mol. The van der Waals surface area contributed by atoms with Crippen LogP contribution in [0.1, 0.15) is 39.7 Å². The van der Waals surface area contributed by atoms with Gasteiger partial charge in [-0.05, 0) is 58.1 Å². The van der Waals surface area contributed by atoms with Crippen molar-refractivity contribution < 1.29 is 9.21 Å². The van der Waals surface area contributed by atoms with E-state index in [1.54, 1.807) is 0 Å². The van der Waals surface area contributed by atoms with Gasteiger partial charge in [-0.1, -0.05) is 12.1 Å². The monoisotopic (exact) mass is 334 g/mol. The summed E-state index contributed by atoms with van der Waals surface area (Å²) in [5.74, 6) is 0.651. The highest BCUT2D eigenvalue weighted by Gasteiger charge is 2.19. The Hall–Kier alpha value is -1.59. The van der Waals surface area contributed by atoms with Gasteiger partial charge < -0.3 is 15.5 Å². The lowest BCUT2D eigenvalue weighted by Gasteiger charge is -2.12. The second-order valence-corrected chi connectivity index (χ2v) is 5.68. The van der Waals surface area contributed by atoms with E-state index in [-0.39, 0.29) is 11.9 Å². The second kappa shape index (κ2) is 5.42. The number of nitrogens with two attached hydrogens (primary N) is 1. The van der Waals surface area contributed by atoms with Crippen LogP contribution in [-0.4, -0.2) is 12.5 Å². The van der Waals surface area contributed by atoms with Crippen molar-refractivity contribution in [1.82, 2.24) is 5.32 Å². The molecule has 1 amide bonds. The largest absolute Gasteiger partial charge is 0.452 e. The first-order chi connectivity index (χ1) is 9.65. The van der Waals surface area contributed by atoms with Gasteiger partial charge in [0.05, 0.1) is 6.04 Å². The molecule has 3 rings (SSSR count). The molecule has 0 spiro atoms. The third-order valence-electron chi connectivity index (χ3n) is 3.55. The molecule has 1 aromatic carbocycles. The van der Waals surface area contributed by atoms with Crippen LogP contribution in [0.2, 0.25) is 0 Å². The molecule has 1 aromatic heterocycles. The lowest BCUT2D eigenvalue weighted by molar-refractivity contribution is 0.0956. The van der Waals surface area contributed by atoms with Crippen LogP contribution in [0.3, 0.4) is 0 Å². The molecular formula is C15H15BrN2O2. The number of rotatable bonds is 2. The van der Waals surface area contributed by atoms with E-state index >= 15 is 0 Å². The average molecular weight is 335 g/mol. The van der Waals surface area contributed by atoms with Crippen LogP contribution >= 0.6 is 15.9 Å². The Kier molecular flexibility index (Phi) is 3.63. The lowest BCUT2D eigenvalue weighted by atomic mass is 9.97. The van der Waals surface area contributed by atoms with Crippen molar-refractivity contribution in [3.8, 4) is 0 Å². The summed E-state index contributed by atoms with van der Waals surface area (Å²) in [6, 6.07) is 9.11. The highest BCUT2D eigenvalue weighted by molar-refractivity contribution is 9.10. The maximum absolute atomic E-state index is 12.0. The Bertz CT molecular complexity index is 651. The molecule has 0 saturated heterocycles. The molecule has 1 atom stereocenters.